The number of benzene rings is 1. The van der Waals surface area contributed by atoms with Crippen molar-refractivity contribution in [3.8, 4) is 29.1 Å². The molecule has 0 saturated carbocycles. The number of fused-ring (bicyclic) bond motifs is 1. The van der Waals surface area contributed by atoms with Crippen LogP contribution in [-0.2, 0) is 4.79 Å². The quantitative estimate of drug-likeness (QED) is 0.440. The summed E-state index contributed by atoms with van der Waals surface area (Å²) in [7, 11) is 3.98. The van der Waals surface area contributed by atoms with Crippen molar-refractivity contribution in [2.75, 3.05) is 40.2 Å². The number of nitrogens with zero attached hydrogens (tertiary/aromatic N) is 4. The maximum absolute atomic E-state index is 14.8. The first-order valence-corrected chi connectivity index (χ1v) is 10.6. The lowest BCUT2D eigenvalue weighted by Gasteiger charge is -2.16. The van der Waals surface area contributed by atoms with Crippen LogP contribution in [0.15, 0.2) is 24.9 Å². The molecule has 11 heteroatoms. The van der Waals surface area contributed by atoms with E-state index in [-0.39, 0.29) is 35.0 Å². The van der Waals surface area contributed by atoms with Gasteiger partial charge in [-0.1, -0.05) is 12.5 Å². The Morgan fingerprint density at radius 1 is 1.17 bits per heavy atom. The van der Waals surface area contributed by atoms with Gasteiger partial charge < -0.3 is 24.8 Å². The number of nitrogen functional groups attached to an aromatic ring is 1. The molecule has 4 rings (SSSR count). The molecule has 2 N–H and O–H groups in total. The van der Waals surface area contributed by atoms with E-state index in [0.717, 1.165) is 6.07 Å². The van der Waals surface area contributed by atoms with Gasteiger partial charge in [-0.25, -0.2) is 13.8 Å². The minimum absolute atomic E-state index is 0.123. The largest absolute Gasteiger partial charge is 0.493 e. The van der Waals surface area contributed by atoms with Crippen molar-refractivity contribution in [3.63, 3.8) is 0 Å². The summed E-state index contributed by atoms with van der Waals surface area (Å²) in [5, 5.41) is 4.97. The molecule has 3 aromatic rings. The van der Waals surface area contributed by atoms with Gasteiger partial charge in [-0.15, -0.1) is 0 Å². The van der Waals surface area contributed by atoms with Crippen LogP contribution in [0.3, 0.4) is 0 Å². The maximum atomic E-state index is 14.8. The molecule has 1 fully saturated rings. The van der Waals surface area contributed by atoms with Gasteiger partial charge >= 0.3 is 0 Å². The Hall–Kier alpha value is -4.33. The number of nitrogens with two attached hydrogens (primary N) is 1. The Kier molecular flexibility index (Phi) is 6.46. The molecular formula is C24H23F2N5O4. The van der Waals surface area contributed by atoms with Gasteiger partial charge in [0.2, 0.25) is 5.91 Å². The third-order valence-electron chi connectivity index (χ3n) is 5.82. The molecule has 1 aliphatic heterocycles. The van der Waals surface area contributed by atoms with Gasteiger partial charge in [-0.2, -0.15) is 5.10 Å². The van der Waals surface area contributed by atoms with Crippen LogP contribution in [-0.4, -0.2) is 60.0 Å². The van der Waals surface area contributed by atoms with Crippen molar-refractivity contribution in [3.05, 3.63) is 47.8 Å². The summed E-state index contributed by atoms with van der Waals surface area (Å²) in [5.74, 6) is 3.18. The molecule has 182 valence electrons. The van der Waals surface area contributed by atoms with Crippen LogP contribution in [0, 0.1) is 23.5 Å². The molecule has 1 saturated heterocycles. The average molecular weight is 483 g/mol. The molecule has 1 aliphatic rings. The van der Waals surface area contributed by atoms with E-state index in [1.807, 2.05) is 0 Å². The Bertz CT molecular complexity index is 1360. The standard InChI is InChI=1S/C24H23F2N5O4/c1-5-19(32)30-9-8-13(12-30)31-23-18(35-4)11-28-24(27)20(23)15(29-31)7-6-14-21(25)16(33-2)10-17(34-3)22(14)26/h5,10-11,13H,1,8-9,12H2,2-4H3,(H2,27,28)/t13-/m0/s1. The van der Waals surface area contributed by atoms with E-state index in [4.69, 9.17) is 19.9 Å². The van der Waals surface area contributed by atoms with Gasteiger partial charge in [-0.3, -0.25) is 9.48 Å². The first-order chi connectivity index (χ1) is 16.8. The van der Waals surface area contributed by atoms with E-state index in [1.54, 1.807) is 9.58 Å². The van der Waals surface area contributed by atoms with Crippen LogP contribution >= 0.6 is 0 Å². The number of rotatable bonds is 5. The molecule has 0 bridgehead atoms. The summed E-state index contributed by atoms with van der Waals surface area (Å²) in [6.07, 6.45) is 3.33. The van der Waals surface area contributed by atoms with E-state index in [2.05, 4.69) is 28.5 Å². The van der Waals surface area contributed by atoms with Crippen LogP contribution in [0.4, 0.5) is 14.6 Å². The SMILES string of the molecule is C=CC(=O)N1CC[C@H](n2nc(C#Cc3c(F)c(OC)cc(OC)c3F)c3c(N)ncc(OC)c32)C1. The number of carbonyl (C=O) groups is 1. The second kappa shape index (κ2) is 9.50. The minimum Gasteiger partial charge on any atom is -0.493 e. The number of pyridine rings is 1. The Morgan fingerprint density at radius 3 is 2.43 bits per heavy atom. The van der Waals surface area contributed by atoms with Gasteiger partial charge in [-0.05, 0) is 18.4 Å². The molecule has 0 aliphatic carbocycles. The van der Waals surface area contributed by atoms with Gasteiger partial charge in [0.05, 0.1) is 39.0 Å². The number of anilines is 1. The molecule has 35 heavy (non-hydrogen) atoms. The Morgan fingerprint density at radius 2 is 1.83 bits per heavy atom. The van der Waals surface area contributed by atoms with Crippen LogP contribution in [0.25, 0.3) is 10.9 Å². The van der Waals surface area contributed by atoms with E-state index in [0.29, 0.717) is 36.2 Å². The number of methoxy groups -OCH3 is 3. The number of aromatic nitrogens is 3. The summed E-state index contributed by atoms with van der Waals surface area (Å²) >= 11 is 0. The molecule has 0 unspecified atom stereocenters. The fourth-order valence-electron chi connectivity index (χ4n) is 4.06. The lowest BCUT2D eigenvalue weighted by atomic mass is 10.1. The second-order valence-electron chi connectivity index (χ2n) is 7.69. The molecule has 1 aromatic carbocycles. The predicted molar refractivity (Wildman–Crippen MR) is 124 cm³/mol. The summed E-state index contributed by atoms with van der Waals surface area (Å²) in [5.41, 5.74) is 6.29. The normalized spacial score (nSPS) is 15.0. The first-order valence-electron chi connectivity index (χ1n) is 10.6. The van der Waals surface area contributed by atoms with Gasteiger partial charge in [0.15, 0.2) is 28.9 Å². The number of likely N-dealkylation sites (tertiary alicyclic amines) is 1. The van der Waals surface area contributed by atoms with E-state index >= 15 is 0 Å². The van der Waals surface area contributed by atoms with Crippen LogP contribution < -0.4 is 19.9 Å². The zero-order valence-corrected chi connectivity index (χ0v) is 19.4. The topological polar surface area (TPSA) is 105 Å². The van der Waals surface area contributed by atoms with Crippen molar-refractivity contribution in [1.29, 1.82) is 0 Å². The fourth-order valence-corrected chi connectivity index (χ4v) is 4.06. The maximum Gasteiger partial charge on any atom is 0.246 e. The monoisotopic (exact) mass is 483 g/mol. The summed E-state index contributed by atoms with van der Waals surface area (Å²) in [6, 6.07) is 0.890. The molecule has 1 atom stereocenters. The number of carbonyl (C=O) groups excluding carboxylic acids is 1. The fraction of sp³-hybridized carbons (Fsp3) is 0.292. The van der Waals surface area contributed by atoms with Crippen LogP contribution in [0.5, 0.6) is 17.2 Å². The highest BCUT2D eigenvalue weighted by atomic mass is 19.1. The number of ether oxygens (including phenoxy) is 3. The minimum atomic E-state index is -0.972. The van der Waals surface area contributed by atoms with Crippen molar-refractivity contribution in [1.82, 2.24) is 19.7 Å². The summed E-state index contributed by atoms with van der Waals surface area (Å²) in [6.45, 7) is 4.43. The van der Waals surface area contributed by atoms with Gasteiger partial charge in [0.1, 0.15) is 22.6 Å². The third-order valence-corrected chi connectivity index (χ3v) is 5.82. The lowest BCUT2D eigenvalue weighted by molar-refractivity contribution is -0.125. The van der Waals surface area contributed by atoms with Crippen molar-refractivity contribution in [2.45, 2.75) is 12.5 Å². The molecular weight excluding hydrogens is 460 g/mol. The van der Waals surface area contributed by atoms with Crippen LogP contribution in [0.2, 0.25) is 0 Å². The Labute approximate surface area is 200 Å². The molecule has 0 radical (unpaired) electrons. The molecule has 9 nitrogen and oxygen atoms in total. The second-order valence-corrected chi connectivity index (χ2v) is 7.69. The smallest absolute Gasteiger partial charge is 0.246 e. The van der Waals surface area contributed by atoms with Crippen molar-refractivity contribution in [2.24, 2.45) is 0 Å². The summed E-state index contributed by atoms with van der Waals surface area (Å²) < 4.78 is 46.7. The first kappa shape index (κ1) is 23.8. The van der Waals surface area contributed by atoms with E-state index < -0.39 is 17.2 Å². The Balaban J connectivity index is 1.89. The van der Waals surface area contributed by atoms with E-state index in [9.17, 15) is 13.6 Å². The molecule has 2 aromatic heterocycles. The number of hydrogen-bond donors (Lipinski definition) is 1. The average Bonchev–Trinajstić information content (AvgIpc) is 3.50. The highest BCUT2D eigenvalue weighted by Crippen LogP contribution is 2.35. The van der Waals surface area contributed by atoms with Gasteiger partial charge in [0, 0.05) is 19.2 Å². The molecule has 0 spiro atoms. The number of halogens is 2. The number of amides is 1. The lowest BCUT2D eigenvalue weighted by Crippen LogP contribution is -2.27. The third kappa shape index (κ3) is 4.07. The summed E-state index contributed by atoms with van der Waals surface area (Å²) in [4.78, 5) is 17.9. The zero-order valence-electron chi connectivity index (χ0n) is 19.4. The highest BCUT2D eigenvalue weighted by Gasteiger charge is 2.30. The highest BCUT2D eigenvalue weighted by molar-refractivity contribution is 5.97. The predicted octanol–water partition coefficient (Wildman–Crippen LogP) is 2.68. The zero-order chi connectivity index (χ0) is 25.3. The molecule has 3 heterocycles. The van der Waals surface area contributed by atoms with Gasteiger partial charge in [0.25, 0.3) is 0 Å². The van der Waals surface area contributed by atoms with Crippen LogP contribution in [0.1, 0.15) is 23.7 Å². The van der Waals surface area contributed by atoms with Crippen molar-refractivity contribution >= 4 is 22.6 Å². The number of hydrogen-bond acceptors (Lipinski definition) is 7. The molecule has 1 amide bonds. The van der Waals surface area contributed by atoms with E-state index in [1.165, 1.54) is 33.6 Å². The van der Waals surface area contributed by atoms with Crippen molar-refractivity contribution < 1.29 is 27.8 Å².